The van der Waals surface area contributed by atoms with Crippen molar-refractivity contribution in [3.8, 4) is 0 Å². The highest BCUT2D eigenvalue weighted by atomic mass is 35.5. The Morgan fingerprint density at radius 1 is 1.44 bits per heavy atom. The zero-order valence-corrected chi connectivity index (χ0v) is 17.5. The number of nitrogens with one attached hydrogen (secondary N) is 2. The third-order valence-corrected chi connectivity index (χ3v) is 5.41. The van der Waals surface area contributed by atoms with Gasteiger partial charge in [0, 0.05) is 25.7 Å². The molecule has 9 heteroatoms. The summed E-state index contributed by atoms with van der Waals surface area (Å²) in [6, 6.07) is 0. The van der Waals surface area contributed by atoms with Crippen molar-refractivity contribution in [3.05, 3.63) is 16.1 Å². The predicted molar refractivity (Wildman–Crippen MR) is 105 cm³/mol. The lowest BCUT2D eigenvalue weighted by molar-refractivity contribution is 0.0512. The summed E-state index contributed by atoms with van der Waals surface area (Å²) in [5, 5.41) is 7.25. The Morgan fingerprint density at radius 2 is 2.12 bits per heavy atom. The number of ether oxygens (including phenoxy) is 2. The molecule has 6 nitrogen and oxygen atoms in total. The number of hydrogen-bond acceptors (Lipinski definition) is 6. The first-order chi connectivity index (χ1) is 11.1. The van der Waals surface area contributed by atoms with E-state index in [4.69, 9.17) is 9.47 Å². The first-order valence-electron chi connectivity index (χ1n) is 8.15. The molecular weight excluding hydrogens is 385 g/mol. The maximum absolute atomic E-state index is 12.4. The molecule has 1 fully saturated rings. The van der Waals surface area contributed by atoms with E-state index in [1.54, 1.807) is 13.3 Å². The Morgan fingerprint density at radius 3 is 2.72 bits per heavy atom. The molecule has 0 aliphatic carbocycles. The fraction of sp³-hybridized carbons (Fsp3) is 0.750. The molecule has 1 aliphatic heterocycles. The standard InChI is InChI=1S/C16H27N3O3S.2ClH/c1-4-22-12(2)15-18-9-13(23-15)14(20)19-10-16(11-21-3)5-7-17-8-6-16;;/h9,12,17H,4-8,10-11H2,1-3H3,(H,19,20);2*1H. The fourth-order valence-corrected chi connectivity index (χ4v) is 3.73. The third-order valence-electron chi connectivity index (χ3n) is 4.25. The fourth-order valence-electron chi connectivity index (χ4n) is 2.89. The van der Waals surface area contributed by atoms with Gasteiger partial charge in [0.25, 0.3) is 5.91 Å². The summed E-state index contributed by atoms with van der Waals surface area (Å²) in [6.45, 7) is 7.78. The van der Waals surface area contributed by atoms with Crippen molar-refractivity contribution >= 4 is 42.1 Å². The molecule has 0 bridgehead atoms. The second-order valence-corrected chi connectivity index (χ2v) is 7.09. The van der Waals surface area contributed by atoms with E-state index in [-0.39, 0.29) is 42.2 Å². The van der Waals surface area contributed by atoms with Crippen LogP contribution in [-0.4, -0.2) is 50.8 Å². The molecule has 2 N–H and O–H groups in total. The Kier molecular flexibility index (Phi) is 11.8. The number of piperidine rings is 1. The van der Waals surface area contributed by atoms with Gasteiger partial charge in [-0.2, -0.15) is 0 Å². The van der Waals surface area contributed by atoms with Crippen LogP contribution in [0.5, 0.6) is 0 Å². The largest absolute Gasteiger partial charge is 0.384 e. The number of hydrogen-bond donors (Lipinski definition) is 2. The second kappa shape index (κ2) is 12.0. The third kappa shape index (κ3) is 7.00. The molecule has 1 atom stereocenters. The summed E-state index contributed by atoms with van der Waals surface area (Å²) in [5.74, 6) is -0.0635. The molecule has 2 rings (SSSR count). The van der Waals surface area contributed by atoms with Crippen molar-refractivity contribution in [1.29, 1.82) is 0 Å². The number of rotatable bonds is 8. The van der Waals surface area contributed by atoms with Crippen LogP contribution in [0.3, 0.4) is 0 Å². The Hall–Kier alpha value is -0.440. The van der Waals surface area contributed by atoms with Crippen molar-refractivity contribution < 1.29 is 14.3 Å². The topological polar surface area (TPSA) is 72.5 Å². The van der Waals surface area contributed by atoms with Crippen LogP contribution >= 0.6 is 36.2 Å². The van der Waals surface area contributed by atoms with E-state index in [1.807, 2.05) is 13.8 Å². The molecule has 25 heavy (non-hydrogen) atoms. The number of carbonyl (C=O) groups is 1. The summed E-state index contributed by atoms with van der Waals surface area (Å²) in [6.07, 6.45) is 3.58. The van der Waals surface area contributed by atoms with Crippen molar-refractivity contribution in [2.24, 2.45) is 5.41 Å². The van der Waals surface area contributed by atoms with Crippen LogP contribution in [-0.2, 0) is 9.47 Å². The monoisotopic (exact) mass is 413 g/mol. The number of amides is 1. The highest BCUT2D eigenvalue weighted by Crippen LogP contribution is 2.29. The zero-order chi connectivity index (χ0) is 16.7. The average molecular weight is 414 g/mol. The Bertz CT molecular complexity index is 505. The molecule has 2 heterocycles. The lowest BCUT2D eigenvalue weighted by atomic mass is 9.79. The van der Waals surface area contributed by atoms with Crippen LogP contribution in [0.1, 0.15) is 47.5 Å². The van der Waals surface area contributed by atoms with Gasteiger partial charge in [-0.3, -0.25) is 4.79 Å². The molecule has 0 saturated carbocycles. The zero-order valence-electron chi connectivity index (χ0n) is 15.0. The molecule has 1 amide bonds. The summed E-state index contributed by atoms with van der Waals surface area (Å²) < 4.78 is 10.9. The highest BCUT2D eigenvalue weighted by molar-refractivity contribution is 7.13. The number of nitrogens with zero attached hydrogens (tertiary/aromatic N) is 1. The molecule has 0 radical (unpaired) electrons. The molecule has 146 valence electrons. The number of carbonyl (C=O) groups excluding carboxylic acids is 1. The van der Waals surface area contributed by atoms with Crippen molar-refractivity contribution in [2.75, 3.05) is 40.0 Å². The van der Waals surface area contributed by atoms with Gasteiger partial charge in [-0.15, -0.1) is 36.2 Å². The molecule has 0 spiro atoms. The van der Waals surface area contributed by atoms with Crippen molar-refractivity contribution in [1.82, 2.24) is 15.6 Å². The van der Waals surface area contributed by atoms with Gasteiger partial charge in [0.1, 0.15) is 16.0 Å². The maximum atomic E-state index is 12.4. The van der Waals surface area contributed by atoms with E-state index in [0.29, 0.717) is 24.6 Å². The van der Waals surface area contributed by atoms with Crippen LogP contribution in [0.15, 0.2) is 6.20 Å². The minimum absolute atomic E-state index is 0. The first-order valence-corrected chi connectivity index (χ1v) is 8.97. The molecule has 1 saturated heterocycles. The van der Waals surface area contributed by atoms with Gasteiger partial charge in [0.2, 0.25) is 0 Å². The normalized spacial score (nSPS) is 17.1. The minimum Gasteiger partial charge on any atom is -0.384 e. The smallest absolute Gasteiger partial charge is 0.263 e. The van der Waals surface area contributed by atoms with Crippen LogP contribution < -0.4 is 10.6 Å². The first kappa shape index (κ1) is 24.6. The van der Waals surface area contributed by atoms with E-state index in [2.05, 4.69) is 15.6 Å². The molecular formula is C16H29Cl2N3O3S. The van der Waals surface area contributed by atoms with Crippen molar-refractivity contribution in [3.63, 3.8) is 0 Å². The highest BCUT2D eigenvalue weighted by Gasteiger charge is 2.32. The van der Waals surface area contributed by atoms with E-state index in [0.717, 1.165) is 30.9 Å². The molecule has 1 aromatic rings. The number of methoxy groups -OCH3 is 1. The molecule has 0 aromatic carbocycles. The van der Waals surface area contributed by atoms with Gasteiger partial charge >= 0.3 is 0 Å². The maximum Gasteiger partial charge on any atom is 0.263 e. The summed E-state index contributed by atoms with van der Waals surface area (Å²) >= 11 is 1.40. The van der Waals surface area contributed by atoms with Gasteiger partial charge < -0.3 is 20.1 Å². The Labute approximate surface area is 166 Å². The second-order valence-electron chi connectivity index (χ2n) is 6.03. The van der Waals surface area contributed by atoms with E-state index in [1.165, 1.54) is 11.3 Å². The summed E-state index contributed by atoms with van der Waals surface area (Å²) in [4.78, 5) is 17.3. The average Bonchev–Trinajstić information content (AvgIpc) is 3.04. The van der Waals surface area contributed by atoms with E-state index < -0.39 is 0 Å². The van der Waals surface area contributed by atoms with Gasteiger partial charge in [0.15, 0.2) is 0 Å². The molecule has 1 aliphatic rings. The molecule has 1 unspecified atom stereocenters. The summed E-state index contributed by atoms with van der Waals surface area (Å²) in [5.41, 5.74) is 0.0296. The van der Waals surface area contributed by atoms with Gasteiger partial charge in [-0.1, -0.05) is 0 Å². The van der Waals surface area contributed by atoms with Gasteiger partial charge in [0.05, 0.1) is 12.8 Å². The SMILES string of the molecule is CCOC(C)c1ncc(C(=O)NCC2(COC)CCNCC2)s1.Cl.Cl. The van der Waals surface area contributed by atoms with Gasteiger partial charge in [-0.05, 0) is 39.8 Å². The van der Waals surface area contributed by atoms with Crippen molar-refractivity contribution in [2.45, 2.75) is 32.8 Å². The van der Waals surface area contributed by atoms with E-state index >= 15 is 0 Å². The van der Waals surface area contributed by atoms with Crippen LogP contribution in [0, 0.1) is 5.41 Å². The summed E-state index contributed by atoms with van der Waals surface area (Å²) in [7, 11) is 1.72. The molecule has 1 aromatic heterocycles. The van der Waals surface area contributed by atoms with Crippen LogP contribution in [0.2, 0.25) is 0 Å². The van der Waals surface area contributed by atoms with E-state index in [9.17, 15) is 4.79 Å². The lowest BCUT2D eigenvalue weighted by Gasteiger charge is -2.37. The number of thiazole rings is 1. The minimum atomic E-state index is -0.0733. The number of aromatic nitrogens is 1. The Balaban J connectivity index is 0.00000288. The van der Waals surface area contributed by atoms with Crippen LogP contribution in [0.25, 0.3) is 0 Å². The quantitative estimate of drug-likeness (QED) is 0.685. The number of halogens is 2. The predicted octanol–water partition coefficient (Wildman–Crippen LogP) is 2.83. The lowest BCUT2D eigenvalue weighted by Crippen LogP contribution is -2.47. The van der Waals surface area contributed by atoms with Crippen LogP contribution in [0.4, 0.5) is 0 Å². The van der Waals surface area contributed by atoms with Gasteiger partial charge in [-0.25, -0.2) is 4.98 Å².